The first-order chi connectivity index (χ1) is 9.87. The van der Waals surface area contributed by atoms with Crippen LogP contribution in [-0.4, -0.2) is 29.4 Å². The molecule has 0 bridgehead atoms. The molecule has 1 aromatic heterocycles. The molecule has 1 aromatic carbocycles. The molecule has 0 aliphatic heterocycles. The molecule has 1 unspecified atom stereocenters. The van der Waals surface area contributed by atoms with E-state index in [9.17, 15) is 13.5 Å². The fourth-order valence-electron chi connectivity index (χ4n) is 1.82. The van der Waals surface area contributed by atoms with E-state index in [-0.39, 0.29) is 23.3 Å². The summed E-state index contributed by atoms with van der Waals surface area (Å²) < 4.78 is 29.1. The van der Waals surface area contributed by atoms with Crippen molar-refractivity contribution >= 4 is 9.84 Å². The second-order valence-corrected chi connectivity index (χ2v) is 7.29. The van der Waals surface area contributed by atoms with Crippen LogP contribution in [0.3, 0.4) is 0 Å². The van der Waals surface area contributed by atoms with E-state index >= 15 is 0 Å². The molecule has 1 atom stereocenters. The van der Waals surface area contributed by atoms with Crippen molar-refractivity contribution in [3.05, 3.63) is 47.6 Å². The van der Waals surface area contributed by atoms with Crippen LogP contribution in [0.1, 0.15) is 43.1 Å². The van der Waals surface area contributed by atoms with Gasteiger partial charge in [0.1, 0.15) is 5.75 Å². The maximum Gasteiger partial charge on any atom is 0.241 e. The highest BCUT2D eigenvalue weighted by Crippen LogP contribution is 2.17. The van der Waals surface area contributed by atoms with Crippen LogP contribution in [0.2, 0.25) is 0 Å². The van der Waals surface area contributed by atoms with Gasteiger partial charge >= 0.3 is 0 Å². The summed E-state index contributed by atoms with van der Waals surface area (Å²) in [6.45, 7) is 3.78. The Bertz CT molecular complexity index is 680. The van der Waals surface area contributed by atoms with E-state index in [0.29, 0.717) is 11.4 Å². The zero-order chi connectivity index (χ0) is 15.5. The molecule has 1 heterocycles. The molecule has 0 fully saturated rings. The van der Waals surface area contributed by atoms with Crippen molar-refractivity contribution in [2.24, 2.45) is 0 Å². The highest BCUT2D eigenvalue weighted by molar-refractivity contribution is 7.90. The third kappa shape index (κ3) is 4.37. The molecule has 0 aliphatic carbocycles. The van der Waals surface area contributed by atoms with Gasteiger partial charge in [0.05, 0.1) is 11.9 Å². The Hall–Kier alpha value is -1.73. The summed E-state index contributed by atoms with van der Waals surface area (Å²) in [5.74, 6) is -0.143. The third-order valence-electron chi connectivity index (χ3n) is 2.94. The van der Waals surface area contributed by atoms with Crippen molar-refractivity contribution in [2.45, 2.75) is 31.6 Å². The number of hydrogen-bond acceptors (Lipinski definition) is 6. The van der Waals surface area contributed by atoms with Gasteiger partial charge in [0.25, 0.3) is 0 Å². The summed E-state index contributed by atoms with van der Waals surface area (Å²) in [6.07, 6.45) is -1.07. The summed E-state index contributed by atoms with van der Waals surface area (Å²) in [4.78, 5) is 4.04. The lowest BCUT2D eigenvalue weighted by molar-refractivity contribution is 0.201. The van der Waals surface area contributed by atoms with E-state index in [4.69, 9.17) is 4.52 Å². The van der Waals surface area contributed by atoms with Gasteiger partial charge in [0, 0.05) is 5.92 Å². The van der Waals surface area contributed by atoms with Crippen LogP contribution in [0.5, 0.6) is 0 Å². The van der Waals surface area contributed by atoms with Gasteiger partial charge in [-0.25, -0.2) is 8.42 Å². The fourth-order valence-corrected chi connectivity index (χ4v) is 3.11. The largest absolute Gasteiger partial charge is 0.387 e. The molecule has 0 saturated heterocycles. The van der Waals surface area contributed by atoms with Crippen molar-refractivity contribution in [1.29, 1.82) is 0 Å². The first kappa shape index (κ1) is 15.7. The molecule has 7 heteroatoms. The van der Waals surface area contributed by atoms with Crippen molar-refractivity contribution < 1.29 is 18.0 Å². The Labute approximate surface area is 123 Å². The van der Waals surface area contributed by atoms with Crippen LogP contribution in [0.15, 0.2) is 34.9 Å². The quantitative estimate of drug-likeness (QED) is 0.875. The van der Waals surface area contributed by atoms with Crippen LogP contribution in [-0.2, 0) is 15.6 Å². The van der Waals surface area contributed by atoms with Gasteiger partial charge < -0.3 is 9.63 Å². The van der Waals surface area contributed by atoms with Crippen LogP contribution in [0, 0.1) is 0 Å². The first-order valence-corrected chi connectivity index (χ1v) is 8.45. The maximum absolute atomic E-state index is 12.1. The molecule has 0 radical (unpaired) electrons. The van der Waals surface area contributed by atoms with E-state index in [0.717, 1.165) is 0 Å². The lowest BCUT2D eigenvalue weighted by atomic mass is 10.1. The smallest absolute Gasteiger partial charge is 0.241 e. The summed E-state index contributed by atoms with van der Waals surface area (Å²) in [5, 5.41) is 13.7. The minimum atomic E-state index is -3.54. The maximum atomic E-state index is 12.1. The van der Waals surface area contributed by atoms with E-state index in [2.05, 4.69) is 10.1 Å². The summed E-state index contributed by atoms with van der Waals surface area (Å²) >= 11 is 0. The number of aliphatic hydroxyl groups excluding tert-OH is 1. The number of hydrogen-bond donors (Lipinski definition) is 1. The van der Waals surface area contributed by atoms with Crippen LogP contribution >= 0.6 is 0 Å². The minimum Gasteiger partial charge on any atom is -0.387 e. The Kier molecular flexibility index (Phi) is 4.74. The van der Waals surface area contributed by atoms with Crippen molar-refractivity contribution in [2.75, 3.05) is 5.75 Å². The SMILES string of the molecule is CC(C)c1noc(CS(=O)(=O)CC(O)c2ccccc2)n1. The second-order valence-electron chi connectivity index (χ2n) is 5.18. The lowest BCUT2D eigenvalue weighted by Gasteiger charge is -2.10. The standard InChI is InChI=1S/C14H18N2O4S/c1-10(2)14-15-13(20-16-14)9-21(18,19)8-12(17)11-6-4-3-5-7-11/h3-7,10,12,17H,8-9H2,1-2H3. The van der Waals surface area contributed by atoms with Crippen molar-refractivity contribution in [3.8, 4) is 0 Å². The number of nitrogens with zero attached hydrogens (tertiary/aromatic N) is 2. The molecule has 2 rings (SSSR count). The Morgan fingerprint density at radius 3 is 2.48 bits per heavy atom. The van der Waals surface area contributed by atoms with Gasteiger partial charge in [-0.15, -0.1) is 0 Å². The molecule has 2 aromatic rings. The Balaban J connectivity index is 2.04. The van der Waals surface area contributed by atoms with E-state index < -0.39 is 15.9 Å². The number of benzene rings is 1. The number of aromatic nitrogens is 2. The van der Waals surface area contributed by atoms with E-state index in [1.165, 1.54) is 0 Å². The molecule has 0 aliphatic rings. The number of rotatable bonds is 6. The van der Waals surface area contributed by atoms with Crippen LogP contribution < -0.4 is 0 Å². The zero-order valence-corrected chi connectivity index (χ0v) is 12.7. The molecule has 21 heavy (non-hydrogen) atoms. The average Bonchev–Trinajstić information content (AvgIpc) is 2.87. The highest BCUT2D eigenvalue weighted by Gasteiger charge is 2.22. The number of aliphatic hydroxyl groups is 1. The summed E-state index contributed by atoms with van der Waals surface area (Å²) in [5.41, 5.74) is 0.564. The second kappa shape index (κ2) is 6.36. The molecule has 0 spiro atoms. The van der Waals surface area contributed by atoms with Gasteiger partial charge in [-0.2, -0.15) is 4.98 Å². The van der Waals surface area contributed by atoms with E-state index in [1.807, 2.05) is 13.8 Å². The van der Waals surface area contributed by atoms with Crippen molar-refractivity contribution in [3.63, 3.8) is 0 Å². The summed E-state index contributed by atoms with van der Waals surface area (Å²) in [7, 11) is -3.54. The summed E-state index contributed by atoms with van der Waals surface area (Å²) in [6, 6.07) is 8.67. The van der Waals surface area contributed by atoms with Gasteiger partial charge in [-0.05, 0) is 5.56 Å². The van der Waals surface area contributed by atoms with Gasteiger partial charge in [-0.1, -0.05) is 49.3 Å². The predicted octanol–water partition coefficient (Wildman–Crippen LogP) is 1.84. The minimum absolute atomic E-state index is 0.0546. The fraction of sp³-hybridized carbons (Fsp3) is 0.429. The highest BCUT2D eigenvalue weighted by atomic mass is 32.2. The molecule has 1 N–H and O–H groups in total. The zero-order valence-electron chi connectivity index (χ0n) is 11.9. The third-order valence-corrected chi connectivity index (χ3v) is 4.45. The van der Waals surface area contributed by atoms with Crippen LogP contribution in [0.4, 0.5) is 0 Å². The topological polar surface area (TPSA) is 93.3 Å². The number of sulfone groups is 1. The van der Waals surface area contributed by atoms with Gasteiger partial charge in [0.15, 0.2) is 15.7 Å². The lowest BCUT2D eigenvalue weighted by Crippen LogP contribution is -2.16. The van der Waals surface area contributed by atoms with Gasteiger partial charge in [0.2, 0.25) is 5.89 Å². The average molecular weight is 310 g/mol. The van der Waals surface area contributed by atoms with Crippen LogP contribution in [0.25, 0.3) is 0 Å². The molecule has 6 nitrogen and oxygen atoms in total. The van der Waals surface area contributed by atoms with Gasteiger partial charge in [-0.3, -0.25) is 0 Å². The molecule has 0 saturated carbocycles. The molecular formula is C14H18N2O4S. The normalized spacial score (nSPS) is 13.5. The predicted molar refractivity (Wildman–Crippen MR) is 77.3 cm³/mol. The molecule has 0 amide bonds. The molecule has 114 valence electrons. The first-order valence-electron chi connectivity index (χ1n) is 6.63. The Morgan fingerprint density at radius 2 is 1.90 bits per heavy atom. The molecular weight excluding hydrogens is 292 g/mol. The monoisotopic (exact) mass is 310 g/mol. The van der Waals surface area contributed by atoms with Crippen molar-refractivity contribution in [1.82, 2.24) is 10.1 Å². The van der Waals surface area contributed by atoms with E-state index in [1.54, 1.807) is 30.3 Å². The Morgan fingerprint density at radius 1 is 1.24 bits per heavy atom.